The summed E-state index contributed by atoms with van der Waals surface area (Å²) >= 11 is 0. The first-order valence-electron chi connectivity index (χ1n) is 8.14. The molecular formula is C18H20O6. The molecule has 2 N–H and O–H groups in total. The van der Waals surface area contributed by atoms with Crippen LogP contribution in [0.5, 0.6) is 11.5 Å². The highest BCUT2D eigenvalue weighted by Crippen LogP contribution is 2.53. The molecule has 1 aromatic carbocycles. The van der Waals surface area contributed by atoms with Gasteiger partial charge in [-0.05, 0) is 26.2 Å². The van der Waals surface area contributed by atoms with Crippen LogP contribution in [0.25, 0.3) is 11.0 Å². The van der Waals surface area contributed by atoms with Gasteiger partial charge in [-0.3, -0.25) is 4.79 Å². The van der Waals surface area contributed by atoms with Crippen molar-refractivity contribution >= 4 is 11.0 Å². The van der Waals surface area contributed by atoms with Crippen LogP contribution in [-0.4, -0.2) is 29.0 Å². The average Bonchev–Trinajstić information content (AvgIpc) is 2.92. The standard InChI is InChI=1S/C18H20O6/c1-18(21)5-3-4-10-14-12(24-17(10)18)7-13-15(16(14)22-2)11(20)6-9(8-19)23-13/h6-7,10,17,19,21H,3-5,8H2,1-2H3/t10-,17-,18-/m0/s1. The lowest BCUT2D eigenvalue weighted by Crippen LogP contribution is -2.47. The molecule has 1 aliphatic carbocycles. The maximum Gasteiger partial charge on any atom is 0.196 e. The third kappa shape index (κ3) is 2.06. The topological polar surface area (TPSA) is 89.1 Å². The Hall–Kier alpha value is -2.05. The lowest BCUT2D eigenvalue weighted by atomic mass is 9.74. The summed E-state index contributed by atoms with van der Waals surface area (Å²) in [5.74, 6) is 1.21. The molecule has 0 unspecified atom stereocenters. The minimum atomic E-state index is -0.924. The lowest BCUT2D eigenvalue weighted by molar-refractivity contribution is -0.0725. The van der Waals surface area contributed by atoms with Crippen LogP contribution in [0.4, 0.5) is 0 Å². The Balaban J connectivity index is 1.99. The van der Waals surface area contributed by atoms with Gasteiger partial charge in [0.15, 0.2) is 5.43 Å². The van der Waals surface area contributed by atoms with Gasteiger partial charge in [-0.1, -0.05) is 0 Å². The predicted octanol–water partition coefficient (Wildman–Crippen LogP) is 2.07. The fourth-order valence-electron chi connectivity index (χ4n) is 4.12. The van der Waals surface area contributed by atoms with E-state index in [4.69, 9.17) is 13.9 Å². The van der Waals surface area contributed by atoms with Crippen LogP contribution in [0.2, 0.25) is 0 Å². The van der Waals surface area contributed by atoms with E-state index in [0.717, 1.165) is 18.4 Å². The minimum Gasteiger partial charge on any atom is -0.495 e. The Kier molecular flexibility index (Phi) is 3.37. The van der Waals surface area contributed by atoms with Crippen LogP contribution in [-0.2, 0) is 6.61 Å². The molecule has 3 atom stereocenters. The zero-order valence-corrected chi connectivity index (χ0v) is 13.7. The maximum absolute atomic E-state index is 12.5. The van der Waals surface area contributed by atoms with Gasteiger partial charge in [0.2, 0.25) is 0 Å². The SMILES string of the molecule is COc1c2c(cc3oc(CO)cc(=O)c13)O[C@H]1[C@H]2CCC[C@]1(C)O. The van der Waals surface area contributed by atoms with E-state index in [-0.39, 0.29) is 29.8 Å². The zero-order valence-electron chi connectivity index (χ0n) is 13.7. The summed E-state index contributed by atoms with van der Waals surface area (Å²) in [6.07, 6.45) is 2.07. The second-order valence-corrected chi connectivity index (χ2v) is 6.82. The van der Waals surface area contributed by atoms with Gasteiger partial charge in [0, 0.05) is 23.6 Å². The highest BCUT2D eigenvalue weighted by molar-refractivity contribution is 5.88. The van der Waals surface area contributed by atoms with Crippen molar-refractivity contribution in [2.24, 2.45) is 0 Å². The van der Waals surface area contributed by atoms with Crippen LogP contribution >= 0.6 is 0 Å². The molecule has 0 bridgehead atoms. The quantitative estimate of drug-likeness (QED) is 0.875. The molecule has 128 valence electrons. The van der Waals surface area contributed by atoms with Gasteiger partial charge in [-0.2, -0.15) is 0 Å². The van der Waals surface area contributed by atoms with E-state index < -0.39 is 5.60 Å². The molecule has 0 saturated heterocycles. The van der Waals surface area contributed by atoms with E-state index in [1.54, 1.807) is 13.0 Å². The van der Waals surface area contributed by atoms with Crippen LogP contribution in [0.1, 0.15) is 43.4 Å². The van der Waals surface area contributed by atoms with Crippen molar-refractivity contribution in [1.29, 1.82) is 0 Å². The molecule has 1 fully saturated rings. The summed E-state index contributed by atoms with van der Waals surface area (Å²) in [5, 5.41) is 20.3. The molecular weight excluding hydrogens is 312 g/mol. The minimum absolute atomic E-state index is 0.0139. The van der Waals surface area contributed by atoms with Gasteiger partial charge in [0.05, 0.1) is 12.7 Å². The number of rotatable bonds is 2. The summed E-state index contributed by atoms with van der Waals surface area (Å²) in [4.78, 5) is 12.5. The summed E-state index contributed by atoms with van der Waals surface area (Å²) in [7, 11) is 1.52. The number of ether oxygens (including phenoxy) is 2. The normalized spacial score (nSPS) is 28.3. The van der Waals surface area contributed by atoms with Gasteiger partial charge in [-0.15, -0.1) is 0 Å². The molecule has 2 aliphatic rings. The summed E-state index contributed by atoms with van der Waals surface area (Å²) in [6.45, 7) is 1.43. The third-order valence-corrected chi connectivity index (χ3v) is 5.19. The van der Waals surface area contributed by atoms with Gasteiger partial charge in [0.25, 0.3) is 0 Å². The zero-order chi connectivity index (χ0) is 17.1. The number of hydrogen-bond acceptors (Lipinski definition) is 6. The Morgan fingerprint density at radius 1 is 1.42 bits per heavy atom. The first-order chi connectivity index (χ1) is 11.5. The van der Waals surface area contributed by atoms with Gasteiger partial charge in [-0.25, -0.2) is 0 Å². The third-order valence-electron chi connectivity index (χ3n) is 5.19. The van der Waals surface area contributed by atoms with E-state index >= 15 is 0 Å². The molecule has 0 radical (unpaired) electrons. The predicted molar refractivity (Wildman–Crippen MR) is 86.6 cm³/mol. The molecule has 1 aromatic heterocycles. The fraction of sp³-hybridized carbons (Fsp3) is 0.500. The Bertz CT molecular complexity index is 866. The fourth-order valence-corrected chi connectivity index (χ4v) is 4.12. The largest absolute Gasteiger partial charge is 0.495 e. The van der Waals surface area contributed by atoms with Crippen molar-refractivity contribution in [1.82, 2.24) is 0 Å². The number of benzene rings is 1. The van der Waals surface area contributed by atoms with Crippen LogP contribution in [0.15, 0.2) is 21.3 Å². The molecule has 2 heterocycles. The molecule has 2 aromatic rings. The van der Waals surface area contributed by atoms with Crippen molar-refractivity contribution in [3.05, 3.63) is 33.7 Å². The highest BCUT2D eigenvalue weighted by Gasteiger charge is 2.50. The molecule has 6 nitrogen and oxygen atoms in total. The molecule has 24 heavy (non-hydrogen) atoms. The van der Waals surface area contributed by atoms with E-state index in [1.807, 2.05) is 0 Å². The first kappa shape index (κ1) is 15.5. The van der Waals surface area contributed by atoms with E-state index in [1.165, 1.54) is 13.2 Å². The summed E-state index contributed by atoms with van der Waals surface area (Å²) < 4.78 is 17.2. The number of aliphatic hydroxyl groups excluding tert-OH is 1. The number of aliphatic hydroxyl groups is 2. The lowest BCUT2D eigenvalue weighted by Gasteiger charge is -2.37. The van der Waals surface area contributed by atoms with Gasteiger partial charge >= 0.3 is 0 Å². The molecule has 4 rings (SSSR count). The molecule has 1 saturated carbocycles. The molecule has 6 heteroatoms. The highest BCUT2D eigenvalue weighted by atomic mass is 16.5. The van der Waals surface area contributed by atoms with Crippen molar-refractivity contribution < 1.29 is 24.1 Å². The Morgan fingerprint density at radius 2 is 2.21 bits per heavy atom. The average molecular weight is 332 g/mol. The smallest absolute Gasteiger partial charge is 0.196 e. The van der Waals surface area contributed by atoms with Crippen molar-refractivity contribution in [3.63, 3.8) is 0 Å². The first-order valence-corrected chi connectivity index (χ1v) is 8.14. The second-order valence-electron chi connectivity index (χ2n) is 6.82. The van der Waals surface area contributed by atoms with Crippen LogP contribution in [0.3, 0.4) is 0 Å². The second kappa shape index (κ2) is 5.22. The Morgan fingerprint density at radius 3 is 2.92 bits per heavy atom. The van der Waals surface area contributed by atoms with E-state index in [0.29, 0.717) is 28.9 Å². The number of hydrogen-bond donors (Lipinski definition) is 2. The number of fused-ring (bicyclic) bond motifs is 4. The van der Waals surface area contributed by atoms with E-state index in [2.05, 4.69) is 0 Å². The van der Waals surface area contributed by atoms with Gasteiger partial charge in [0.1, 0.15) is 40.9 Å². The molecule has 0 amide bonds. The van der Waals surface area contributed by atoms with Crippen molar-refractivity contribution in [2.45, 2.75) is 50.4 Å². The summed E-state index contributed by atoms with van der Waals surface area (Å²) in [5.41, 5.74) is -0.0299. The summed E-state index contributed by atoms with van der Waals surface area (Å²) in [6, 6.07) is 2.95. The van der Waals surface area contributed by atoms with Crippen molar-refractivity contribution in [2.75, 3.05) is 7.11 Å². The van der Waals surface area contributed by atoms with Crippen LogP contribution in [0, 0.1) is 0 Å². The monoisotopic (exact) mass is 332 g/mol. The van der Waals surface area contributed by atoms with Crippen LogP contribution < -0.4 is 14.9 Å². The number of methoxy groups -OCH3 is 1. The maximum atomic E-state index is 12.5. The van der Waals surface area contributed by atoms with Gasteiger partial charge < -0.3 is 24.1 Å². The molecule has 0 spiro atoms. The van der Waals surface area contributed by atoms with Crippen molar-refractivity contribution in [3.8, 4) is 11.5 Å². The molecule has 1 aliphatic heterocycles. The Labute approximate surface area is 138 Å². The van der Waals surface area contributed by atoms with E-state index in [9.17, 15) is 15.0 Å².